The third kappa shape index (κ3) is 2.78. The van der Waals surface area contributed by atoms with E-state index in [2.05, 4.69) is 63.7 Å². The molecular formula is C17H34N2. The van der Waals surface area contributed by atoms with E-state index in [-0.39, 0.29) is 0 Å². The van der Waals surface area contributed by atoms with Gasteiger partial charge in [0, 0.05) is 23.5 Å². The van der Waals surface area contributed by atoms with Crippen LogP contribution in [0.25, 0.3) is 0 Å². The lowest BCUT2D eigenvalue weighted by atomic mass is 9.87. The number of rotatable bonds is 8. The predicted molar refractivity (Wildman–Crippen MR) is 84.9 cm³/mol. The summed E-state index contributed by atoms with van der Waals surface area (Å²) >= 11 is 0. The van der Waals surface area contributed by atoms with Crippen molar-refractivity contribution >= 4 is 0 Å². The molecule has 2 heteroatoms. The zero-order chi connectivity index (χ0) is 14.5. The molecule has 1 aliphatic rings. The molecule has 0 spiro atoms. The first-order valence-corrected chi connectivity index (χ1v) is 8.29. The van der Waals surface area contributed by atoms with Crippen molar-refractivity contribution in [2.45, 2.75) is 91.1 Å². The quantitative estimate of drug-likeness (QED) is 0.612. The maximum Gasteiger partial charge on any atom is 0.0904 e. The summed E-state index contributed by atoms with van der Waals surface area (Å²) in [4.78, 5) is 5.17. The Kier molecular flexibility index (Phi) is 5.76. The lowest BCUT2D eigenvalue weighted by Crippen LogP contribution is -2.50. The Hall–Kier alpha value is -0.660. The summed E-state index contributed by atoms with van der Waals surface area (Å²) in [5.41, 5.74) is 0.707. The molecule has 1 rings (SSSR count). The van der Waals surface area contributed by atoms with Crippen LogP contribution in [-0.2, 0) is 0 Å². The van der Waals surface area contributed by atoms with Crippen molar-refractivity contribution < 1.29 is 0 Å². The van der Waals surface area contributed by atoms with Crippen LogP contribution in [0.4, 0.5) is 0 Å². The highest BCUT2D eigenvalue weighted by atomic mass is 15.4. The van der Waals surface area contributed by atoms with Gasteiger partial charge in [0.25, 0.3) is 0 Å². The summed E-state index contributed by atoms with van der Waals surface area (Å²) in [6.07, 6.45) is 12.1. The molecule has 0 unspecified atom stereocenters. The van der Waals surface area contributed by atoms with Gasteiger partial charge in [0.05, 0.1) is 6.67 Å². The monoisotopic (exact) mass is 266 g/mol. The number of hydrogen-bond donors (Lipinski definition) is 0. The van der Waals surface area contributed by atoms with Gasteiger partial charge in [-0.05, 0) is 38.5 Å². The number of nitrogens with zero attached hydrogens (tertiary/aromatic N) is 2. The molecule has 0 amide bonds. The summed E-state index contributed by atoms with van der Waals surface area (Å²) in [7, 11) is 0. The van der Waals surface area contributed by atoms with Gasteiger partial charge in [-0.15, -0.1) is 0 Å². The standard InChI is InChI=1S/C17H34N2/c1-7-16(8-2,9-3)18-13-14-19(15-18)17(10-4,11-5)12-6/h13-14H,7-12,15H2,1-6H3. The highest BCUT2D eigenvalue weighted by Crippen LogP contribution is 2.36. The van der Waals surface area contributed by atoms with Crippen LogP contribution in [0.3, 0.4) is 0 Å². The molecule has 0 aromatic rings. The fraction of sp³-hybridized carbons (Fsp3) is 0.882. The summed E-state index contributed by atoms with van der Waals surface area (Å²) in [6.45, 7) is 15.1. The highest BCUT2D eigenvalue weighted by molar-refractivity contribution is 5.05. The third-order valence-electron chi connectivity index (χ3n) is 5.90. The van der Waals surface area contributed by atoms with Gasteiger partial charge in [-0.2, -0.15) is 0 Å². The van der Waals surface area contributed by atoms with Crippen molar-refractivity contribution in [2.75, 3.05) is 6.67 Å². The lowest BCUT2D eigenvalue weighted by molar-refractivity contribution is 0.0458. The van der Waals surface area contributed by atoms with E-state index >= 15 is 0 Å². The topological polar surface area (TPSA) is 6.48 Å². The van der Waals surface area contributed by atoms with Gasteiger partial charge in [-0.3, -0.25) is 0 Å². The molecule has 0 saturated heterocycles. The molecule has 0 atom stereocenters. The third-order valence-corrected chi connectivity index (χ3v) is 5.90. The van der Waals surface area contributed by atoms with Gasteiger partial charge in [-0.1, -0.05) is 41.5 Å². The molecule has 1 heterocycles. The Balaban J connectivity index is 2.87. The second kappa shape index (κ2) is 6.67. The maximum atomic E-state index is 2.59. The lowest BCUT2D eigenvalue weighted by Gasteiger charge is -2.45. The van der Waals surface area contributed by atoms with Gasteiger partial charge in [-0.25, -0.2) is 0 Å². The molecule has 0 fully saturated rings. The second-order valence-corrected chi connectivity index (χ2v) is 5.95. The van der Waals surface area contributed by atoms with Crippen LogP contribution in [0.5, 0.6) is 0 Å². The van der Waals surface area contributed by atoms with Crippen LogP contribution >= 0.6 is 0 Å². The molecule has 0 aliphatic carbocycles. The molecule has 0 N–H and O–H groups in total. The molecule has 0 saturated carbocycles. The van der Waals surface area contributed by atoms with E-state index in [1.807, 2.05) is 0 Å². The SMILES string of the molecule is CCC(CC)(CC)N1C=CN(C(CC)(CC)CC)C1. The zero-order valence-corrected chi connectivity index (χ0v) is 14.0. The van der Waals surface area contributed by atoms with Crippen molar-refractivity contribution in [3.63, 3.8) is 0 Å². The predicted octanol–water partition coefficient (Wildman–Crippen LogP) is 4.97. The van der Waals surface area contributed by atoms with Crippen LogP contribution < -0.4 is 0 Å². The molecule has 19 heavy (non-hydrogen) atoms. The van der Waals surface area contributed by atoms with E-state index in [0.717, 1.165) is 6.67 Å². The maximum absolute atomic E-state index is 2.59. The van der Waals surface area contributed by atoms with Gasteiger partial charge in [0.2, 0.25) is 0 Å². The van der Waals surface area contributed by atoms with Gasteiger partial charge >= 0.3 is 0 Å². The van der Waals surface area contributed by atoms with E-state index in [1.54, 1.807) is 0 Å². The highest BCUT2D eigenvalue weighted by Gasteiger charge is 2.38. The Morgan fingerprint density at radius 2 is 0.895 bits per heavy atom. The van der Waals surface area contributed by atoms with E-state index < -0.39 is 0 Å². The summed E-state index contributed by atoms with van der Waals surface area (Å²) in [5.74, 6) is 0. The van der Waals surface area contributed by atoms with E-state index in [0.29, 0.717) is 11.1 Å². The normalized spacial score (nSPS) is 16.5. The molecule has 1 aliphatic heterocycles. The van der Waals surface area contributed by atoms with Crippen molar-refractivity contribution in [1.29, 1.82) is 0 Å². The van der Waals surface area contributed by atoms with Crippen molar-refractivity contribution in [1.82, 2.24) is 9.80 Å². The van der Waals surface area contributed by atoms with Crippen LogP contribution in [0.15, 0.2) is 12.4 Å². The fourth-order valence-corrected chi connectivity index (χ4v) is 3.75. The average Bonchev–Trinajstić information content (AvgIpc) is 2.95. The Morgan fingerprint density at radius 3 is 1.11 bits per heavy atom. The molecule has 0 radical (unpaired) electrons. The minimum Gasteiger partial charge on any atom is -0.353 e. The molecule has 112 valence electrons. The Labute approximate surface area is 120 Å². The average molecular weight is 266 g/mol. The first-order valence-electron chi connectivity index (χ1n) is 8.29. The van der Waals surface area contributed by atoms with Gasteiger partial charge in [0.1, 0.15) is 0 Å². The zero-order valence-electron chi connectivity index (χ0n) is 14.0. The van der Waals surface area contributed by atoms with Crippen LogP contribution in [-0.4, -0.2) is 27.5 Å². The van der Waals surface area contributed by atoms with Gasteiger partial charge < -0.3 is 9.80 Å². The van der Waals surface area contributed by atoms with Crippen LogP contribution in [0.2, 0.25) is 0 Å². The van der Waals surface area contributed by atoms with Crippen molar-refractivity contribution in [3.05, 3.63) is 12.4 Å². The largest absolute Gasteiger partial charge is 0.353 e. The molecule has 0 aromatic carbocycles. The molecule has 0 aromatic heterocycles. The van der Waals surface area contributed by atoms with Crippen molar-refractivity contribution in [3.8, 4) is 0 Å². The summed E-state index contributed by atoms with van der Waals surface area (Å²) in [5, 5.41) is 0. The second-order valence-electron chi connectivity index (χ2n) is 5.95. The van der Waals surface area contributed by atoms with E-state index in [9.17, 15) is 0 Å². The molecule has 2 nitrogen and oxygen atoms in total. The van der Waals surface area contributed by atoms with Gasteiger partial charge in [0.15, 0.2) is 0 Å². The molecule has 0 bridgehead atoms. The Morgan fingerprint density at radius 1 is 0.632 bits per heavy atom. The van der Waals surface area contributed by atoms with Crippen LogP contribution in [0, 0.1) is 0 Å². The van der Waals surface area contributed by atoms with E-state index in [1.165, 1.54) is 38.5 Å². The van der Waals surface area contributed by atoms with Crippen LogP contribution in [0.1, 0.15) is 80.1 Å². The first kappa shape index (κ1) is 16.4. The minimum absolute atomic E-state index is 0.353. The smallest absolute Gasteiger partial charge is 0.0904 e. The van der Waals surface area contributed by atoms with Crippen molar-refractivity contribution in [2.24, 2.45) is 0 Å². The first-order chi connectivity index (χ1) is 9.07. The number of hydrogen-bond acceptors (Lipinski definition) is 2. The molecular weight excluding hydrogens is 232 g/mol. The van der Waals surface area contributed by atoms with E-state index in [4.69, 9.17) is 0 Å². The summed E-state index contributed by atoms with van der Waals surface area (Å²) < 4.78 is 0. The Bertz CT molecular complexity index is 243. The summed E-state index contributed by atoms with van der Waals surface area (Å²) in [6, 6.07) is 0. The minimum atomic E-state index is 0.353. The fourth-order valence-electron chi connectivity index (χ4n) is 3.75.